The average Bonchev–Trinajstić information content (AvgIpc) is 3.13. The van der Waals surface area contributed by atoms with E-state index in [9.17, 15) is 9.90 Å². The predicted octanol–water partition coefficient (Wildman–Crippen LogP) is 5.25. The highest BCUT2D eigenvalue weighted by atomic mass is 16.5. The fourth-order valence-electron chi connectivity index (χ4n) is 4.68. The molecule has 0 saturated heterocycles. The second kappa shape index (κ2) is 12.4. The van der Waals surface area contributed by atoms with Gasteiger partial charge in [-0.15, -0.1) is 0 Å². The third-order valence-electron chi connectivity index (χ3n) is 6.73. The molecule has 5 nitrogen and oxygen atoms in total. The third-order valence-corrected chi connectivity index (χ3v) is 6.73. The van der Waals surface area contributed by atoms with Gasteiger partial charge in [-0.2, -0.15) is 0 Å². The summed E-state index contributed by atoms with van der Waals surface area (Å²) < 4.78 is 6.14. The normalized spacial score (nSPS) is 13.7. The van der Waals surface area contributed by atoms with Crippen LogP contribution in [-0.2, 0) is 17.6 Å². The van der Waals surface area contributed by atoms with E-state index in [1.165, 1.54) is 5.56 Å². The van der Waals surface area contributed by atoms with Crippen LogP contribution >= 0.6 is 0 Å². The van der Waals surface area contributed by atoms with E-state index in [1.54, 1.807) is 0 Å². The first kappa shape index (κ1) is 25.5. The molecule has 38 heavy (non-hydrogen) atoms. The molecule has 0 unspecified atom stereocenters. The van der Waals surface area contributed by atoms with Crippen LogP contribution in [0.5, 0.6) is 11.5 Å². The number of para-hydroxylation sites is 2. The number of carbonyl (C=O) groups is 1. The van der Waals surface area contributed by atoms with Crippen molar-refractivity contribution in [1.82, 2.24) is 10.6 Å². The zero-order valence-electron chi connectivity index (χ0n) is 21.2. The molecule has 0 fully saturated rings. The van der Waals surface area contributed by atoms with E-state index >= 15 is 0 Å². The van der Waals surface area contributed by atoms with Crippen LogP contribution in [0.1, 0.15) is 22.3 Å². The molecule has 0 saturated carbocycles. The van der Waals surface area contributed by atoms with Crippen molar-refractivity contribution >= 4 is 17.6 Å². The molecule has 1 heterocycles. The maximum absolute atomic E-state index is 13.8. The number of amides is 1. The maximum Gasteiger partial charge on any atom is 0.252 e. The van der Waals surface area contributed by atoms with Crippen molar-refractivity contribution in [2.45, 2.75) is 25.0 Å². The van der Waals surface area contributed by atoms with Crippen molar-refractivity contribution in [2.75, 3.05) is 13.1 Å². The number of ether oxygens (including phenoxy) is 1. The lowest BCUT2D eigenvalue weighted by atomic mass is 9.98. The van der Waals surface area contributed by atoms with Crippen LogP contribution in [0.2, 0.25) is 0 Å². The van der Waals surface area contributed by atoms with Crippen LogP contribution in [0.4, 0.5) is 0 Å². The van der Waals surface area contributed by atoms with Crippen LogP contribution in [0.25, 0.3) is 11.6 Å². The van der Waals surface area contributed by atoms with Crippen LogP contribution in [0.15, 0.2) is 109 Å². The van der Waals surface area contributed by atoms with E-state index < -0.39 is 12.1 Å². The molecule has 0 bridgehead atoms. The number of hydrogen-bond donors (Lipinski definition) is 3. The zero-order valence-corrected chi connectivity index (χ0v) is 21.2. The van der Waals surface area contributed by atoms with Crippen molar-refractivity contribution in [3.63, 3.8) is 0 Å². The molecule has 0 aromatic heterocycles. The van der Waals surface area contributed by atoms with Crippen molar-refractivity contribution in [3.05, 3.63) is 131 Å². The van der Waals surface area contributed by atoms with Crippen molar-refractivity contribution in [1.29, 1.82) is 0 Å². The minimum Gasteiger partial charge on any atom is -0.456 e. The van der Waals surface area contributed by atoms with Crippen molar-refractivity contribution < 1.29 is 14.6 Å². The number of nitrogens with one attached hydrogen (secondary N) is 2. The van der Waals surface area contributed by atoms with Crippen molar-refractivity contribution in [3.8, 4) is 11.5 Å². The molecule has 0 radical (unpaired) electrons. The van der Waals surface area contributed by atoms with Crippen molar-refractivity contribution in [2.24, 2.45) is 0 Å². The number of aliphatic hydroxyl groups excluding tert-OH is 1. The number of aliphatic hydroxyl groups is 1. The van der Waals surface area contributed by atoms with E-state index in [1.807, 2.05) is 103 Å². The Hall–Kier alpha value is -4.19. The molecule has 1 aliphatic heterocycles. The molecular weight excluding hydrogens is 472 g/mol. The summed E-state index contributed by atoms with van der Waals surface area (Å²) in [5.74, 6) is 1.08. The first-order valence-electron chi connectivity index (χ1n) is 13.0. The summed E-state index contributed by atoms with van der Waals surface area (Å²) in [6.07, 6.45) is 2.46. The van der Waals surface area contributed by atoms with Crippen LogP contribution in [-0.4, -0.2) is 36.2 Å². The topological polar surface area (TPSA) is 70.6 Å². The number of rotatable bonds is 10. The van der Waals surface area contributed by atoms with Gasteiger partial charge in [0.05, 0.1) is 17.7 Å². The Balaban J connectivity index is 1.34. The molecule has 5 heteroatoms. The summed E-state index contributed by atoms with van der Waals surface area (Å²) in [5, 5.41) is 17.7. The molecule has 1 amide bonds. The predicted molar refractivity (Wildman–Crippen MR) is 152 cm³/mol. The number of hydrogen-bond acceptors (Lipinski definition) is 4. The number of benzene rings is 4. The minimum atomic E-state index is -0.778. The second-order valence-corrected chi connectivity index (χ2v) is 9.47. The molecule has 5 rings (SSSR count). The van der Waals surface area contributed by atoms with E-state index in [4.69, 9.17) is 4.74 Å². The van der Waals surface area contributed by atoms with E-state index in [0.717, 1.165) is 29.7 Å². The molecule has 4 aromatic rings. The Morgan fingerprint density at radius 3 is 2.16 bits per heavy atom. The van der Waals surface area contributed by atoms with Gasteiger partial charge >= 0.3 is 0 Å². The average molecular weight is 505 g/mol. The summed E-state index contributed by atoms with van der Waals surface area (Å²) in [6, 6.07) is 34.9. The smallest absolute Gasteiger partial charge is 0.252 e. The summed E-state index contributed by atoms with van der Waals surface area (Å²) >= 11 is 0. The zero-order chi connectivity index (χ0) is 26.2. The van der Waals surface area contributed by atoms with E-state index in [-0.39, 0.29) is 5.91 Å². The number of carbonyl (C=O) groups excluding carboxylic acids is 1. The second-order valence-electron chi connectivity index (χ2n) is 9.47. The highest BCUT2D eigenvalue weighted by Crippen LogP contribution is 2.37. The molecule has 0 spiro atoms. The lowest BCUT2D eigenvalue weighted by Crippen LogP contribution is -2.49. The van der Waals surface area contributed by atoms with Crippen LogP contribution < -0.4 is 15.4 Å². The van der Waals surface area contributed by atoms with Gasteiger partial charge in [0.1, 0.15) is 11.5 Å². The van der Waals surface area contributed by atoms with E-state index in [2.05, 4.69) is 22.8 Å². The third kappa shape index (κ3) is 6.38. The molecule has 4 aromatic carbocycles. The highest BCUT2D eigenvalue weighted by Gasteiger charge is 2.26. The van der Waals surface area contributed by atoms with Crippen LogP contribution in [0, 0.1) is 0 Å². The molecule has 3 N–H and O–H groups in total. The lowest BCUT2D eigenvalue weighted by Gasteiger charge is -2.25. The molecule has 1 aliphatic rings. The highest BCUT2D eigenvalue weighted by molar-refractivity contribution is 6.25. The Morgan fingerprint density at radius 2 is 1.39 bits per heavy atom. The quantitative estimate of drug-likeness (QED) is 0.258. The summed E-state index contributed by atoms with van der Waals surface area (Å²) in [5.41, 5.74) is 4.34. The molecular formula is C33H32N2O3. The monoisotopic (exact) mass is 504 g/mol. The molecule has 2 atom stereocenters. The van der Waals surface area contributed by atoms with Gasteiger partial charge in [-0.25, -0.2) is 0 Å². The summed E-state index contributed by atoms with van der Waals surface area (Å²) in [4.78, 5) is 13.8. The van der Waals surface area contributed by atoms with Gasteiger partial charge in [-0.1, -0.05) is 97.1 Å². The molecule has 192 valence electrons. The van der Waals surface area contributed by atoms with Gasteiger partial charge in [0, 0.05) is 17.7 Å². The minimum absolute atomic E-state index is 0.248. The number of fused-ring (bicyclic) bond motifs is 2. The Kier molecular flexibility index (Phi) is 8.29. The van der Waals surface area contributed by atoms with Crippen LogP contribution in [0.3, 0.4) is 0 Å². The van der Waals surface area contributed by atoms with Gasteiger partial charge in [0.15, 0.2) is 0 Å². The molecule has 0 aliphatic carbocycles. The van der Waals surface area contributed by atoms with Gasteiger partial charge in [-0.3, -0.25) is 4.79 Å². The standard InChI is InChI=1S/C33H32N2O3/c36-30(23-34-20-19-24-11-3-1-4-12-24)29(21-25-13-5-2-6-14-25)35-33(37)28-22-26-15-7-9-17-31(26)38-32-18-10-8-16-27(28)32/h1-18,22,29-30,34,36H,19-21,23H2,(H,35,37)/t29-,30-/m0/s1. The fourth-order valence-corrected chi connectivity index (χ4v) is 4.68. The Labute approximate surface area is 223 Å². The SMILES string of the molecule is O=C(N[C@@H](Cc1ccccc1)[C@@H](O)CNCCc1ccccc1)C1=Cc2ccccc2Oc2ccccc21. The van der Waals surface area contributed by atoms with Gasteiger partial charge in [0.25, 0.3) is 5.91 Å². The van der Waals surface area contributed by atoms with Gasteiger partial charge in [0.2, 0.25) is 0 Å². The Morgan fingerprint density at radius 1 is 0.763 bits per heavy atom. The maximum atomic E-state index is 13.8. The lowest BCUT2D eigenvalue weighted by molar-refractivity contribution is -0.117. The largest absolute Gasteiger partial charge is 0.456 e. The van der Waals surface area contributed by atoms with Gasteiger partial charge < -0.3 is 20.5 Å². The van der Waals surface area contributed by atoms with Gasteiger partial charge in [-0.05, 0) is 48.7 Å². The van der Waals surface area contributed by atoms with E-state index in [0.29, 0.717) is 30.0 Å². The first-order chi connectivity index (χ1) is 18.7. The Bertz CT molecular complexity index is 1390. The summed E-state index contributed by atoms with van der Waals surface area (Å²) in [7, 11) is 0. The first-order valence-corrected chi connectivity index (χ1v) is 13.0. The fraction of sp³-hybridized carbons (Fsp3) is 0.182. The summed E-state index contributed by atoms with van der Waals surface area (Å²) in [6.45, 7) is 1.10.